The lowest BCUT2D eigenvalue weighted by molar-refractivity contribution is 0.254. The van der Waals surface area contributed by atoms with Crippen molar-refractivity contribution in [2.24, 2.45) is 0 Å². The molecule has 1 heterocycles. The summed E-state index contributed by atoms with van der Waals surface area (Å²) in [5.41, 5.74) is 7.78. The first-order valence-electron chi connectivity index (χ1n) is 4.84. The number of nitrogen functional groups attached to an aromatic ring is 1. The van der Waals surface area contributed by atoms with Crippen molar-refractivity contribution in [1.82, 2.24) is 10.3 Å². The van der Waals surface area contributed by atoms with Gasteiger partial charge in [-0.15, -0.1) is 0 Å². The third kappa shape index (κ3) is 1.75. The van der Waals surface area contributed by atoms with Gasteiger partial charge in [-0.05, 0) is 24.3 Å². The minimum absolute atomic E-state index is 0.269. The molecule has 0 aliphatic rings. The van der Waals surface area contributed by atoms with Crippen molar-refractivity contribution in [2.75, 3.05) is 18.1 Å². The number of carbonyl (C=O) groups is 1. The van der Waals surface area contributed by atoms with Crippen molar-refractivity contribution in [3.8, 4) is 0 Å². The number of fused-ring (bicyclic) bond motifs is 1. The van der Waals surface area contributed by atoms with E-state index in [2.05, 4.69) is 15.6 Å². The third-order valence-electron chi connectivity index (χ3n) is 2.28. The molecule has 5 heteroatoms. The fourth-order valence-electron chi connectivity index (χ4n) is 1.49. The quantitative estimate of drug-likeness (QED) is 0.633. The summed E-state index contributed by atoms with van der Waals surface area (Å²) >= 11 is 0. The van der Waals surface area contributed by atoms with Crippen molar-refractivity contribution in [2.45, 2.75) is 0 Å². The Morgan fingerprint density at radius 1 is 1.38 bits per heavy atom. The Balaban J connectivity index is 2.54. The van der Waals surface area contributed by atoms with Gasteiger partial charge in [0.2, 0.25) is 0 Å². The van der Waals surface area contributed by atoms with E-state index in [-0.39, 0.29) is 6.03 Å². The number of aromatic nitrogens is 1. The zero-order valence-electron chi connectivity index (χ0n) is 8.82. The molecule has 4 N–H and O–H groups in total. The van der Waals surface area contributed by atoms with E-state index in [1.165, 1.54) is 0 Å². The molecule has 5 nitrogen and oxygen atoms in total. The molecule has 1 aromatic heterocycles. The van der Waals surface area contributed by atoms with Crippen molar-refractivity contribution in [1.29, 1.82) is 0 Å². The minimum Gasteiger partial charge on any atom is -0.397 e. The lowest BCUT2D eigenvalue weighted by Crippen LogP contribution is -2.24. The van der Waals surface area contributed by atoms with Gasteiger partial charge in [-0.2, -0.15) is 0 Å². The van der Waals surface area contributed by atoms with E-state index >= 15 is 0 Å². The van der Waals surface area contributed by atoms with Gasteiger partial charge in [0.25, 0.3) is 0 Å². The second-order valence-corrected chi connectivity index (χ2v) is 3.31. The number of nitrogens with two attached hydrogens (primary N) is 1. The summed E-state index contributed by atoms with van der Waals surface area (Å²) in [7, 11) is 1.56. The average molecular weight is 216 g/mol. The number of anilines is 2. The molecule has 2 rings (SSSR count). The molecule has 82 valence electrons. The molecule has 0 saturated carbocycles. The predicted octanol–water partition coefficient (Wildman–Crippen LogP) is 1.57. The Morgan fingerprint density at radius 2 is 2.19 bits per heavy atom. The van der Waals surface area contributed by atoms with Gasteiger partial charge >= 0.3 is 6.03 Å². The van der Waals surface area contributed by atoms with Crippen LogP contribution in [0.1, 0.15) is 0 Å². The summed E-state index contributed by atoms with van der Waals surface area (Å²) in [6.45, 7) is 0. The first kappa shape index (κ1) is 10.2. The summed E-state index contributed by atoms with van der Waals surface area (Å²) in [4.78, 5) is 15.4. The van der Waals surface area contributed by atoms with Gasteiger partial charge in [0, 0.05) is 18.6 Å². The van der Waals surface area contributed by atoms with Crippen LogP contribution in [-0.2, 0) is 0 Å². The number of nitrogens with zero attached hydrogens (tertiary/aromatic N) is 1. The molecule has 0 radical (unpaired) electrons. The van der Waals surface area contributed by atoms with E-state index in [1.54, 1.807) is 31.4 Å². The number of amides is 2. The predicted molar refractivity (Wildman–Crippen MR) is 64.2 cm³/mol. The molecular weight excluding hydrogens is 204 g/mol. The number of nitrogens with one attached hydrogen (secondary N) is 2. The maximum Gasteiger partial charge on any atom is 0.318 e. The zero-order valence-corrected chi connectivity index (χ0v) is 8.82. The summed E-state index contributed by atoms with van der Waals surface area (Å²) in [5, 5.41) is 6.03. The van der Waals surface area contributed by atoms with Crippen LogP contribution in [0.15, 0.2) is 30.5 Å². The second kappa shape index (κ2) is 4.06. The Morgan fingerprint density at radius 3 is 2.94 bits per heavy atom. The van der Waals surface area contributed by atoms with E-state index in [1.807, 2.05) is 6.07 Å². The van der Waals surface area contributed by atoms with E-state index in [9.17, 15) is 4.79 Å². The highest BCUT2D eigenvalue weighted by atomic mass is 16.2. The Kier molecular flexibility index (Phi) is 2.59. The number of rotatable bonds is 1. The third-order valence-corrected chi connectivity index (χ3v) is 2.28. The fraction of sp³-hybridized carbons (Fsp3) is 0.0909. The maximum atomic E-state index is 11.2. The lowest BCUT2D eigenvalue weighted by Gasteiger charge is -2.09. The van der Waals surface area contributed by atoms with Gasteiger partial charge in [-0.3, -0.25) is 4.98 Å². The topological polar surface area (TPSA) is 80.0 Å². The van der Waals surface area contributed by atoms with Crippen molar-refractivity contribution >= 4 is 28.3 Å². The largest absolute Gasteiger partial charge is 0.397 e. The van der Waals surface area contributed by atoms with Gasteiger partial charge < -0.3 is 16.4 Å². The van der Waals surface area contributed by atoms with E-state index in [0.29, 0.717) is 16.9 Å². The summed E-state index contributed by atoms with van der Waals surface area (Å²) in [6, 6.07) is 6.88. The molecule has 16 heavy (non-hydrogen) atoms. The molecule has 2 aromatic rings. The Bertz CT molecular complexity index is 538. The first-order valence-corrected chi connectivity index (χ1v) is 4.84. The van der Waals surface area contributed by atoms with Gasteiger partial charge in [0.1, 0.15) is 0 Å². The number of urea groups is 1. The molecule has 0 spiro atoms. The monoisotopic (exact) mass is 216 g/mol. The number of hydrogen-bond acceptors (Lipinski definition) is 3. The van der Waals surface area contributed by atoms with E-state index < -0.39 is 0 Å². The molecule has 0 bridgehead atoms. The Hall–Kier alpha value is -2.30. The van der Waals surface area contributed by atoms with Crippen LogP contribution in [0.2, 0.25) is 0 Å². The highest BCUT2D eigenvalue weighted by molar-refractivity contribution is 6.03. The number of pyridine rings is 1. The van der Waals surface area contributed by atoms with Crippen LogP contribution < -0.4 is 16.4 Å². The smallest absolute Gasteiger partial charge is 0.318 e. The number of carbonyl (C=O) groups excluding carboxylic acids is 1. The van der Waals surface area contributed by atoms with Gasteiger partial charge in [-0.1, -0.05) is 0 Å². The molecule has 0 aliphatic heterocycles. The second-order valence-electron chi connectivity index (χ2n) is 3.31. The van der Waals surface area contributed by atoms with Gasteiger partial charge in [0.05, 0.1) is 16.9 Å². The van der Waals surface area contributed by atoms with E-state index in [4.69, 9.17) is 5.73 Å². The minimum atomic E-state index is -0.269. The summed E-state index contributed by atoms with van der Waals surface area (Å²) < 4.78 is 0. The van der Waals surface area contributed by atoms with Crippen LogP contribution in [0, 0.1) is 0 Å². The molecule has 0 aliphatic carbocycles. The Labute approximate surface area is 92.7 Å². The normalized spacial score (nSPS) is 10.1. The van der Waals surface area contributed by atoms with Gasteiger partial charge in [-0.25, -0.2) is 4.79 Å². The van der Waals surface area contributed by atoms with Crippen LogP contribution in [0.4, 0.5) is 16.2 Å². The van der Waals surface area contributed by atoms with Gasteiger partial charge in [0.15, 0.2) is 0 Å². The van der Waals surface area contributed by atoms with Crippen LogP contribution in [0.5, 0.6) is 0 Å². The first-order chi connectivity index (χ1) is 7.72. The fourth-order valence-corrected chi connectivity index (χ4v) is 1.49. The average Bonchev–Trinajstić information content (AvgIpc) is 2.33. The summed E-state index contributed by atoms with van der Waals surface area (Å²) in [6.07, 6.45) is 1.67. The van der Waals surface area contributed by atoms with Crippen molar-refractivity contribution in [3.05, 3.63) is 30.5 Å². The SMILES string of the molecule is CNC(=O)Nc1ccc(N)c2ncccc12. The van der Waals surface area contributed by atoms with Crippen LogP contribution in [0.3, 0.4) is 0 Å². The molecule has 0 saturated heterocycles. The van der Waals surface area contributed by atoms with Crippen molar-refractivity contribution < 1.29 is 4.79 Å². The highest BCUT2D eigenvalue weighted by Gasteiger charge is 2.06. The molecular formula is C11H12N4O. The molecule has 1 aromatic carbocycles. The standard InChI is InChI=1S/C11H12N4O/c1-13-11(16)15-9-5-4-8(12)10-7(9)3-2-6-14-10/h2-6H,12H2,1H3,(H2,13,15,16). The lowest BCUT2D eigenvalue weighted by atomic mass is 10.1. The summed E-state index contributed by atoms with van der Waals surface area (Å²) in [5.74, 6) is 0. The molecule has 0 atom stereocenters. The van der Waals surface area contributed by atoms with Crippen LogP contribution in [-0.4, -0.2) is 18.1 Å². The molecule has 0 unspecified atom stereocenters. The van der Waals surface area contributed by atoms with Crippen LogP contribution >= 0.6 is 0 Å². The number of benzene rings is 1. The van der Waals surface area contributed by atoms with Crippen molar-refractivity contribution in [3.63, 3.8) is 0 Å². The van der Waals surface area contributed by atoms with E-state index in [0.717, 1.165) is 5.39 Å². The number of hydrogen-bond donors (Lipinski definition) is 3. The maximum absolute atomic E-state index is 11.2. The highest BCUT2D eigenvalue weighted by Crippen LogP contribution is 2.26. The zero-order chi connectivity index (χ0) is 11.5. The van der Waals surface area contributed by atoms with Crippen LogP contribution in [0.25, 0.3) is 10.9 Å². The molecule has 0 fully saturated rings. The molecule has 2 amide bonds.